The van der Waals surface area contributed by atoms with Crippen molar-refractivity contribution in [1.82, 2.24) is 0 Å². The van der Waals surface area contributed by atoms with Gasteiger partial charge in [0.25, 0.3) is 0 Å². The van der Waals surface area contributed by atoms with Crippen LogP contribution in [-0.4, -0.2) is 6.71 Å². The summed E-state index contributed by atoms with van der Waals surface area (Å²) in [5.74, 6) is -28.6. The molecule has 1 radical (unpaired) electrons. The van der Waals surface area contributed by atoms with Crippen molar-refractivity contribution in [1.29, 1.82) is 0 Å². The molecule has 13 heteroatoms. The van der Waals surface area contributed by atoms with Gasteiger partial charge in [0.2, 0.25) is 0 Å². The summed E-state index contributed by atoms with van der Waals surface area (Å²) in [7, 11) is 0. The third kappa shape index (κ3) is 3.51. The first kappa shape index (κ1) is 22.6. The molecular formula is C18H3BF12-. The van der Waals surface area contributed by atoms with Gasteiger partial charge in [0.05, 0.1) is 0 Å². The number of hydrogen-bond donors (Lipinski definition) is 0. The van der Waals surface area contributed by atoms with Gasteiger partial charge in [-0.05, 0) is 6.71 Å². The molecule has 0 spiro atoms. The molecule has 0 bridgehead atoms. The highest BCUT2D eigenvalue weighted by atomic mass is 19.2. The Morgan fingerprint density at radius 2 is 0.484 bits per heavy atom. The van der Waals surface area contributed by atoms with Crippen molar-refractivity contribution in [2.75, 3.05) is 0 Å². The first-order valence-electron chi connectivity index (χ1n) is 7.87. The molecule has 0 nitrogen and oxygen atoms in total. The third-order valence-electron chi connectivity index (χ3n) is 4.30. The fourth-order valence-corrected chi connectivity index (χ4v) is 2.97. The molecule has 0 saturated heterocycles. The average molecular weight is 458 g/mol. The third-order valence-corrected chi connectivity index (χ3v) is 4.30. The molecule has 3 rings (SSSR count). The SMILES string of the molecule is Fc1cc(F)c(F)c([B-](c2c(F)c(F)cc(F)c2F)c2c(F)c(F)cc(F)c2F)c1F. The molecule has 0 aliphatic rings. The van der Waals surface area contributed by atoms with Gasteiger partial charge in [-0.25, -0.2) is 52.7 Å². The zero-order valence-electron chi connectivity index (χ0n) is 14.3. The van der Waals surface area contributed by atoms with E-state index < -0.39 is 111 Å². The second kappa shape index (κ2) is 7.86. The van der Waals surface area contributed by atoms with Gasteiger partial charge in [-0.1, -0.05) is 0 Å². The van der Waals surface area contributed by atoms with Crippen LogP contribution in [0.25, 0.3) is 0 Å². The van der Waals surface area contributed by atoms with E-state index in [4.69, 9.17) is 0 Å². The van der Waals surface area contributed by atoms with Gasteiger partial charge in [0, 0.05) is 18.2 Å². The Morgan fingerprint density at radius 1 is 0.323 bits per heavy atom. The molecular weight excluding hydrogens is 455 g/mol. The summed E-state index contributed by atoms with van der Waals surface area (Å²) < 4.78 is 168. The highest BCUT2D eigenvalue weighted by molar-refractivity contribution is 6.95. The Balaban J connectivity index is 2.61. The van der Waals surface area contributed by atoms with E-state index in [1.807, 2.05) is 0 Å². The van der Waals surface area contributed by atoms with E-state index >= 15 is 0 Å². The normalized spacial score (nSPS) is 11.5. The fourth-order valence-electron chi connectivity index (χ4n) is 2.97. The lowest BCUT2D eigenvalue weighted by Gasteiger charge is -2.33. The predicted molar refractivity (Wildman–Crippen MR) is 83.5 cm³/mol. The van der Waals surface area contributed by atoms with Gasteiger partial charge in [-0.2, -0.15) is 16.4 Å². The molecule has 163 valence electrons. The molecule has 0 aliphatic carbocycles. The minimum atomic E-state index is -3.44. The lowest BCUT2D eigenvalue weighted by molar-refractivity contribution is 0.456. The molecule has 0 unspecified atom stereocenters. The topological polar surface area (TPSA) is 0 Å². The van der Waals surface area contributed by atoms with Crippen molar-refractivity contribution in [2.45, 2.75) is 0 Å². The van der Waals surface area contributed by atoms with E-state index in [9.17, 15) is 52.7 Å². The van der Waals surface area contributed by atoms with Crippen LogP contribution < -0.4 is 16.4 Å². The highest BCUT2D eigenvalue weighted by Crippen LogP contribution is 2.19. The smallest absolute Gasteiger partial charge is 0.158 e. The highest BCUT2D eigenvalue weighted by Gasteiger charge is 2.31. The fraction of sp³-hybridized carbons (Fsp3) is 0. The maximum atomic E-state index is 14.3. The Morgan fingerprint density at radius 3 is 0.645 bits per heavy atom. The minimum absolute atomic E-state index is 0.400. The molecule has 0 atom stereocenters. The molecule has 0 N–H and O–H groups in total. The monoisotopic (exact) mass is 458 g/mol. The molecule has 3 aromatic carbocycles. The standard InChI is InChI=1S/C18H3BF12/c20-4-1-5(21)14(27)10(13(4)26)19(11-15(28)6(22)2-7(23)16(11)29)12-17(30)8(24)3-9(25)18(12)31/h1-3H/q-1. The Kier molecular flexibility index (Phi) is 5.72. The first-order valence-corrected chi connectivity index (χ1v) is 7.87. The number of benzene rings is 3. The molecule has 3 aromatic rings. The molecule has 0 saturated carbocycles. The van der Waals surface area contributed by atoms with E-state index in [0.29, 0.717) is 0 Å². The molecule has 31 heavy (non-hydrogen) atoms. The van der Waals surface area contributed by atoms with Crippen LogP contribution >= 0.6 is 0 Å². The largest absolute Gasteiger partial charge is 0.207 e. The van der Waals surface area contributed by atoms with Crippen LogP contribution in [-0.2, 0) is 0 Å². The zero-order valence-corrected chi connectivity index (χ0v) is 14.3. The van der Waals surface area contributed by atoms with Crippen molar-refractivity contribution in [3.8, 4) is 0 Å². The Labute approximate surface area is 164 Å². The number of halogens is 12. The van der Waals surface area contributed by atoms with Gasteiger partial charge in [-0.15, -0.1) is 0 Å². The maximum Gasteiger partial charge on any atom is 0.158 e. The summed E-state index contributed by atoms with van der Waals surface area (Å²) in [4.78, 5) is 0. The lowest BCUT2D eigenvalue weighted by Crippen LogP contribution is -2.60. The lowest BCUT2D eigenvalue weighted by atomic mass is 9.36. The van der Waals surface area contributed by atoms with Crippen LogP contribution in [0.2, 0.25) is 0 Å². The zero-order chi connectivity index (χ0) is 23.4. The van der Waals surface area contributed by atoms with E-state index in [-0.39, 0.29) is 0 Å². The number of rotatable bonds is 3. The predicted octanol–water partition coefficient (Wildman–Crippen LogP) is 3.87. The van der Waals surface area contributed by atoms with E-state index in [2.05, 4.69) is 0 Å². The molecule has 0 aliphatic heterocycles. The van der Waals surface area contributed by atoms with E-state index in [1.54, 1.807) is 0 Å². The quantitative estimate of drug-likeness (QED) is 0.318. The van der Waals surface area contributed by atoms with E-state index in [0.717, 1.165) is 0 Å². The molecule has 0 fully saturated rings. The molecule has 0 aromatic heterocycles. The first-order chi connectivity index (χ1) is 14.4. The molecule has 0 amide bonds. The Bertz CT molecular complexity index is 994. The minimum Gasteiger partial charge on any atom is -0.207 e. The van der Waals surface area contributed by atoms with Crippen molar-refractivity contribution in [2.24, 2.45) is 0 Å². The summed E-state index contributed by atoms with van der Waals surface area (Å²) in [5.41, 5.74) is -6.62. The summed E-state index contributed by atoms with van der Waals surface area (Å²) in [5, 5.41) is 0. The average Bonchev–Trinajstić information content (AvgIpc) is 2.69. The van der Waals surface area contributed by atoms with E-state index in [1.165, 1.54) is 0 Å². The summed E-state index contributed by atoms with van der Waals surface area (Å²) in [6, 6.07) is -1.20. The van der Waals surface area contributed by atoms with Crippen molar-refractivity contribution >= 4 is 23.1 Å². The van der Waals surface area contributed by atoms with Crippen molar-refractivity contribution < 1.29 is 52.7 Å². The van der Waals surface area contributed by atoms with Gasteiger partial charge in [0.1, 0.15) is 34.9 Å². The van der Waals surface area contributed by atoms with Crippen LogP contribution in [0.1, 0.15) is 0 Å². The van der Waals surface area contributed by atoms with Gasteiger partial charge in [0.15, 0.2) is 34.9 Å². The summed E-state index contributed by atoms with van der Waals surface area (Å²) >= 11 is 0. The van der Waals surface area contributed by atoms with Crippen LogP contribution in [0.15, 0.2) is 18.2 Å². The van der Waals surface area contributed by atoms with Crippen LogP contribution in [0.3, 0.4) is 0 Å². The van der Waals surface area contributed by atoms with Gasteiger partial charge < -0.3 is 0 Å². The van der Waals surface area contributed by atoms with Crippen LogP contribution in [0.5, 0.6) is 0 Å². The Hall–Kier alpha value is -3.12. The molecule has 0 heterocycles. The van der Waals surface area contributed by atoms with Gasteiger partial charge >= 0.3 is 0 Å². The van der Waals surface area contributed by atoms with Crippen molar-refractivity contribution in [3.63, 3.8) is 0 Å². The summed E-state index contributed by atoms with van der Waals surface area (Å²) in [6.07, 6.45) is 0. The second-order valence-electron chi connectivity index (χ2n) is 6.08. The second-order valence-corrected chi connectivity index (χ2v) is 6.08. The van der Waals surface area contributed by atoms with Gasteiger partial charge in [-0.3, -0.25) is 0 Å². The van der Waals surface area contributed by atoms with Crippen molar-refractivity contribution in [3.05, 3.63) is 88.0 Å². The number of hydrogen-bond acceptors (Lipinski definition) is 0. The van der Waals surface area contributed by atoms with Crippen LogP contribution in [0, 0.1) is 69.8 Å². The van der Waals surface area contributed by atoms with Crippen LogP contribution in [0.4, 0.5) is 52.7 Å². The maximum absolute atomic E-state index is 14.3. The summed E-state index contributed by atoms with van der Waals surface area (Å²) in [6.45, 7) is -3.44.